The van der Waals surface area contributed by atoms with E-state index in [1.54, 1.807) is 6.33 Å². The zero-order valence-electron chi connectivity index (χ0n) is 21.2. The Kier molecular flexibility index (Phi) is 5.66. The fraction of sp³-hybridized carbons (Fsp3) is 0.250. The largest absolute Gasteiger partial charge is 0.457 e. The van der Waals surface area contributed by atoms with Crippen LogP contribution in [0, 0.1) is 13.8 Å². The number of anilines is 3. The maximum atomic E-state index is 6.14. The molecule has 2 N–H and O–H groups in total. The normalized spacial score (nSPS) is 15.4. The molecule has 37 heavy (non-hydrogen) atoms. The quantitative estimate of drug-likeness (QED) is 0.280. The molecule has 0 aliphatic carbocycles. The molecule has 3 aromatic carbocycles. The van der Waals surface area contributed by atoms with Crippen molar-refractivity contribution in [3.8, 4) is 11.5 Å². The first kappa shape index (κ1) is 23.2. The van der Waals surface area contributed by atoms with Crippen molar-refractivity contribution in [1.82, 2.24) is 20.0 Å². The topological polar surface area (TPSA) is 97.6 Å². The molecule has 0 radical (unpaired) electrons. The third kappa shape index (κ3) is 4.66. The van der Waals surface area contributed by atoms with Crippen LogP contribution in [-0.2, 0) is 4.74 Å². The standard InChI is InChI=1S/C28H28N6O3/c1-17-11-19(6-9-25(17)37-21-7-10-26-24(13-21)31-18(2)36-26)32-27-22-12-20(5-8-23(22)29-15-30-27)33-34-16-35-14-28(34,3)4/h5-13,15,33H,14,16H2,1-4H3,(H,29,30,32). The van der Waals surface area contributed by atoms with Crippen molar-refractivity contribution in [1.29, 1.82) is 0 Å². The molecular weight excluding hydrogens is 468 g/mol. The molecule has 0 unspecified atom stereocenters. The third-order valence-corrected chi connectivity index (χ3v) is 6.44. The third-order valence-electron chi connectivity index (χ3n) is 6.44. The summed E-state index contributed by atoms with van der Waals surface area (Å²) < 4.78 is 17.3. The van der Waals surface area contributed by atoms with Gasteiger partial charge in [0.1, 0.15) is 35.9 Å². The number of benzene rings is 3. The summed E-state index contributed by atoms with van der Waals surface area (Å²) in [5, 5.41) is 6.46. The van der Waals surface area contributed by atoms with Gasteiger partial charge in [0, 0.05) is 29.8 Å². The van der Waals surface area contributed by atoms with Crippen molar-refractivity contribution in [3.05, 3.63) is 72.4 Å². The van der Waals surface area contributed by atoms with E-state index >= 15 is 0 Å². The van der Waals surface area contributed by atoms with Crippen LogP contribution in [0.1, 0.15) is 25.3 Å². The molecule has 0 saturated carbocycles. The van der Waals surface area contributed by atoms with E-state index in [-0.39, 0.29) is 5.54 Å². The first-order valence-electron chi connectivity index (χ1n) is 12.1. The van der Waals surface area contributed by atoms with E-state index in [1.165, 1.54) is 0 Å². The Hall–Kier alpha value is -4.21. The molecule has 5 aromatic rings. The second kappa shape index (κ2) is 9.02. The molecule has 1 fully saturated rings. The summed E-state index contributed by atoms with van der Waals surface area (Å²) >= 11 is 0. The number of hydrogen-bond donors (Lipinski definition) is 2. The average molecular weight is 497 g/mol. The zero-order valence-corrected chi connectivity index (χ0v) is 21.2. The number of aryl methyl sites for hydroxylation is 2. The maximum Gasteiger partial charge on any atom is 0.192 e. The Morgan fingerprint density at radius 1 is 0.946 bits per heavy atom. The Labute approximate surface area is 214 Å². The van der Waals surface area contributed by atoms with Gasteiger partial charge < -0.3 is 24.6 Å². The smallest absolute Gasteiger partial charge is 0.192 e. The highest BCUT2D eigenvalue weighted by Gasteiger charge is 2.33. The van der Waals surface area contributed by atoms with Gasteiger partial charge in [-0.3, -0.25) is 0 Å². The van der Waals surface area contributed by atoms with Crippen molar-refractivity contribution < 1.29 is 13.9 Å². The first-order valence-corrected chi connectivity index (χ1v) is 12.1. The van der Waals surface area contributed by atoms with E-state index in [0.29, 0.717) is 25.0 Å². The summed E-state index contributed by atoms with van der Waals surface area (Å²) in [4.78, 5) is 13.3. The summed E-state index contributed by atoms with van der Waals surface area (Å²) in [5.74, 6) is 2.83. The summed E-state index contributed by atoms with van der Waals surface area (Å²) in [6.07, 6.45) is 1.57. The van der Waals surface area contributed by atoms with Gasteiger partial charge in [-0.25, -0.2) is 15.0 Å². The van der Waals surface area contributed by atoms with Gasteiger partial charge in [0.05, 0.1) is 17.7 Å². The molecule has 9 heteroatoms. The lowest BCUT2D eigenvalue weighted by molar-refractivity contribution is 0.151. The second-order valence-corrected chi connectivity index (χ2v) is 9.85. The van der Waals surface area contributed by atoms with Crippen LogP contribution in [-0.4, -0.2) is 38.8 Å². The predicted octanol–water partition coefficient (Wildman–Crippen LogP) is 6.32. The molecule has 1 aliphatic heterocycles. The van der Waals surface area contributed by atoms with Crippen LogP contribution in [0.25, 0.3) is 22.0 Å². The fourth-order valence-electron chi connectivity index (χ4n) is 4.40. The molecule has 0 atom stereocenters. The highest BCUT2D eigenvalue weighted by molar-refractivity contribution is 5.93. The average Bonchev–Trinajstić information content (AvgIpc) is 3.40. The molecule has 2 aromatic heterocycles. The number of aromatic nitrogens is 3. The van der Waals surface area contributed by atoms with Crippen molar-refractivity contribution in [3.63, 3.8) is 0 Å². The molecule has 1 saturated heterocycles. The molecule has 0 amide bonds. The Morgan fingerprint density at radius 3 is 2.62 bits per heavy atom. The maximum absolute atomic E-state index is 6.14. The van der Waals surface area contributed by atoms with Crippen LogP contribution in [0.15, 0.2) is 65.3 Å². The lowest BCUT2D eigenvalue weighted by Crippen LogP contribution is -2.43. The fourth-order valence-corrected chi connectivity index (χ4v) is 4.40. The zero-order chi connectivity index (χ0) is 25.6. The van der Waals surface area contributed by atoms with Gasteiger partial charge in [0.25, 0.3) is 0 Å². The van der Waals surface area contributed by atoms with Gasteiger partial charge in [-0.15, -0.1) is 0 Å². The number of oxazole rings is 1. The number of hydrogen-bond acceptors (Lipinski definition) is 9. The van der Waals surface area contributed by atoms with Gasteiger partial charge in [0.15, 0.2) is 11.5 Å². The van der Waals surface area contributed by atoms with E-state index in [9.17, 15) is 0 Å². The van der Waals surface area contributed by atoms with E-state index < -0.39 is 0 Å². The summed E-state index contributed by atoms with van der Waals surface area (Å²) in [7, 11) is 0. The Balaban J connectivity index is 1.23. The van der Waals surface area contributed by atoms with Crippen LogP contribution in [0.3, 0.4) is 0 Å². The Bertz CT molecular complexity index is 1610. The lowest BCUT2D eigenvalue weighted by Gasteiger charge is -2.30. The molecule has 0 bridgehead atoms. The Morgan fingerprint density at radius 2 is 1.81 bits per heavy atom. The van der Waals surface area contributed by atoms with E-state index in [2.05, 4.69) is 50.6 Å². The first-order chi connectivity index (χ1) is 17.8. The van der Waals surface area contributed by atoms with Crippen LogP contribution in [0.2, 0.25) is 0 Å². The van der Waals surface area contributed by atoms with Gasteiger partial charge in [-0.05, 0) is 74.9 Å². The number of nitrogens with zero attached hydrogens (tertiary/aromatic N) is 4. The molecule has 9 nitrogen and oxygen atoms in total. The summed E-state index contributed by atoms with van der Waals surface area (Å²) in [5.41, 5.74) is 8.58. The van der Waals surface area contributed by atoms with Crippen molar-refractivity contribution in [2.75, 3.05) is 24.1 Å². The van der Waals surface area contributed by atoms with Crippen molar-refractivity contribution in [2.24, 2.45) is 0 Å². The highest BCUT2D eigenvalue weighted by Crippen LogP contribution is 2.32. The minimum absolute atomic E-state index is 0.0930. The van der Waals surface area contributed by atoms with E-state index in [0.717, 1.165) is 50.5 Å². The highest BCUT2D eigenvalue weighted by atomic mass is 16.5. The monoisotopic (exact) mass is 496 g/mol. The number of rotatable bonds is 6. The molecule has 0 spiro atoms. The lowest BCUT2D eigenvalue weighted by atomic mass is 10.1. The SMILES string of the molecule is Cc1nc2cc(Oc3ccc(Nc4ncnc5ccc(NN6COCC6(C)C)cc45)cc3C)ccc2o1. The van der Waals surface area contributed by atoms with E-state index in [1.807, 2.05) is 62.4 Å². The molecular formula is C28H28N6O3. The minimum atomic E-state index is -0.0930. The number of hydrazine groups is 1. The van der Waals surface area contributed by atoms with Gasteiger partial charge in [-0.1, -0.05) is 0 Å². The molecule has 188 valence electrons. The van der Waals surface area contributed by atoms with Crippen LogP contribution >= 0.6 is 0 Å². The second-order valence-electron chi connectivity index (χ2n) is 9.85. The van der Waals surface area contributed by atoms with Crippen LogP contribution in [0.4, 0.5) is 17.2 Å². The number of fused-ring (bicyclic) bond motifs is 2. The van der Waals surface area contributed by atoms with Crippen LogP contribution < -0.4 is 15.5 Å². The minimum Gasteiger partial charge on any atom is -0.457 e. The summed E-state index contributed by atoms with van der Waals surface area (Å²) in [6.45, 7) is 9.34. The van der Waals surface area contributed by atoms with Crippen molar-refractivity contribution >= 4 is 39.2 Å². The van der Waals surface area contributed by atoms with Gasteiger partial charge in [0.2, 0.25) is 0 Å². The molecule has 6 rings (SSSR count). The van der Waals surface area contributed by atoms with Gasteiger partial charge >= 0.3 is 0 Å². The molecule has 3 heterocycles. The van der Waals surface area contributed by atoms with Gasteiger partial charge in [-0.2, -0.15) is 5.01 Å². The summed E-state index contributed by atoms with van der Waals surface area (Å²) in [6, 6.07) is 17.6. The van der Waals surface area contributed by atoms with E-state index in [4.69, 9.17) is 13.9 Å². The predicted molar refractivity (Wildman–Crippen MR) is 143 cm³/mol. The van der Waals surface area contributed by atoms with Crippen molar-refractivity contribution in [2.45, 2.75) is 33.2 Å². The number of ether oxygens (including phenoxy) is 2. The van der Waals surface area contributed by atoms with Crippen LogP contribution in [0.5, 0.6) is 11.5 Å². The molecule has 1 aliphatic rings. The number of nitrogens with one attached hydrogen (secondary N) is 2.